The standard InChI is InChI=1S/C13H11N3O2/c1-3-12(14-7-10-5-6-17-8-10)4-2-11(1)13-16-15-9-18-13/h1-6,8-9,14H,7H2. The number of rotatable bonds is 4. The largest absolute Gasteiger partial charge is 0.472 e. The fourth-order valence-corrected chi connectivity index (χ4v) is 1.63. The lowest BCUT2D eigenvalue weighted by atomic mass is 10.2. The minimum Gasteiger partial charge on any atom is -0.472 e. The van der Waals surface area contributed by atoms with Gasteiger partial charge in [-0.15, -0.1) is 10.2 Å². The minimum atomic E-state index is 0.524. The van der Waals surface area contributed by atoms with Crippen molar-refractivity contribution >= 4 is 5.69 Å². The minimum absolute atomic E-state index is 0.524. The summed E-state index contributed by atoms with van der Waals surface area (Å²) in [6.07, 6.45) is 4.70. The average molecular weight is 241 g/mol. The molecule has 0 fully saturated rings. The van der Waals surface area contributed by atoms with Crippen molar-refractivity contribution in [2.24, 2.45) is 0 Å². The highest BCUT2D eigenvalue weighted by Gasteiger charge is 2.02. The topological polar surface area (TPSA) is 64.1 Å². The number of nitrogens with zero attached hydrogens (tertiary/aromatic N) is 2. The molecule has 0 radical (unpaired) electrons. The van der Waals surface area contributed by atoms with Gasteiger partial charge in [-0.2, -0.15) is 0 Å². The monoisotopic (exact) mass is 241 g/mol. The highest BCUT2D eigenvalue weighted by molar-refractivity contribution is 5.58. The number of furan rings is 1. The van der Waals surface area contributed by atoms with E-state index in [9.17, 15) is 0 Å². The van der Waals surface area contributed by atoms with E-state index >= 15 is 0 Å². The molecular formula is C13H11N3O2. The van der Waals surface area contributed by atoms with Crippen LogP contribution in [-0.2, 0) is 6.54 Å². The Morgan fingerprint density at radius 1 is 1.11 bits per heavy atom. The van der Waals surface area contributed by atoms with Crippen LogP contribution < -0.4 is 5.32 Å². The third-order valence-corrected chi connectivity index (χ3v) is 2.57. The fourth-order valence-electron chi connectivity index (χ4n) is 1.63. The van der Waals surface area contributed by atoms with Gasteiger partial charge in [0.15, 0.2) is 0 Å². The summed E-state index contributed by atoms with van der Waals surface area (Å²) in [5.74, 6) is 0.524. The van der Waals surface area contributed by atoms with E-state index in [1.165, 1.54) is 6.39 Å². The third-order valence-electron chi connectivity index (χ3n) is 2.57. The van der Waals surface area contributed by atoms with Crippen LogP contribution >= 0.6 is 0 Å². The molecule has 1 N–H and O–H groups in total. The van der Waals surface area contributed by atoms with E-state index in [0.29, 0.717) is 5.89 Å². The summed E-state index contributed by atoms with van der Waals surface area (Å²) in [5.41, 5.74) is 3.04. The van der Waals surface area contributed by atoms with Crippen molar-refractivity contribution in [1.82, 2.24) is 10.2 Å². The van der Waals surface area contributed by atoms with Crippen LogP contribution in [0.25, 0.3) is 11.5 Å². The molecule has 18 heavy (non-hydrogen) atoms. The van der Waals surface area contributed by atoms with Crippen LogP contribution in [0.5, 0.6) is 0 Å². The molecule has 0 spiro atoms. The van der Waals surface area contributed by atoms with E-state index in [2.05, 4.69) is 15.5 Å². The van der Waals surface area contributed by atoms with Gasteiger partial charge in [0.05, 0.1) is 12.5 Å². The molecule has 0 bridgehead atoms. The lowest BCUT2D eigenvalue weighted by molar-refractivity contribution is 0.564. The second-order valence-electron chi connectivity index (χ2n) is 3.81. The van der Waals surface area contributed by atoms with E-state index in [1.807, 2.05) is 30.3 Å². The molecule has 5 nitrogen and oxygen atoms in total. The number of hydrogen-bond acceptors (Lipinski definition) is 5. The first kappa shape index (κ1) is 10.6. The van der Waals surface area contributed by atoms with Crippen LogP contribution in [0.4, 0.5) is 5.69 Å². The maximum Gasteiger partial charge on any atom is 0.247 e. The molecule has 0 aliphatic carbocycles. The zero-order chi connectivity index (χ0) is 12.2. The Labute approximate surface area is 103 Å². The van der Waals surface area contributed by atoms with Crippen LogP contribution in [-0.4, -0.2) is 10.2 Å². The Kier molecular flexibility index (Phi) is 2.79. The van der Waals surface area contributed by atoms with Gasteiger partial charge < -0.3 is 14.2 Å². The molecule has 90 valence electrons. The Morgan fingerprint density at radius 2 is 2.00 bits per heavy atom. The Morgan fingerprint density at radius 3 is 2.67 bits per heavy atom. The van der Waals surface area contributed by atoms with E-state index in [0.717, 1.165) is 23.4 Å². The van der Waals surface area contributed by atoms with Crippen LogP contribution in [0.2, 0.25) is 0 Å². The molecule has 5 heteroatoms. The van der Waals surface area contributed by atoms with Gasteiger partial charge in [-0.05, 0) is 30.3 Å². The quantitative estimate of drug-likeness (QED) is 0.760. The number of nitrogens with one attached hydrogen (secondary N) is 1. The third kappa shape index (κ3) is 2.24. The van der Waals surface area contributed by atoms with Gasteiger partial charge in [-0.25, -0.2) is 0 Å². The fraction of sp³-hybridized carbons (Fsp3) is 0.0769. The second kappa shape index (κ2) is 4.75. The van der Waals surface area contributed by atoms with E-state index < -0.39 is 0 Å². The molecule has 0 aliphatic heterocycles. The van der Waals surface area contributed by atoms with Crippen LogP contribution in [0.1, 0.15) is 5.56 Å². The van der Waals surface area contributed by atoms with E-state index in [-0.39, 0.29) is 0 Å². The van der Waals surface area contributed by atoms with Crippen LogP contribution in [0.15, 0.2) is 58.1 Å². The molecule has 1 aromatic carbocycles. The van der Waals surface area contributed by atoms with Gasteiger partial charge in [0.25, 0.3) is 0 Å². The normalized spacial score (nSPS) is 10.4. The summed E-state index contributed by atoms with van der Waals surface area (Å²) < 4.78 is 10.1. The number of hydrogen-bond donors (Lipinski definition) is 1. The Hall–Kier alpha value is -2.56. The summed E-state index contributed by atoms with van der Waals surface area (Å²) >= 11 is 0. The Bertz CT molecular complexity index is 586. The second-order valence-corrected chi connectivity index (χ2v) is 3.81. The highest BCUT2D eigenvalue weighted by atomic mass is 16.4. The van der Waals surface area contributed by atoms with Crippen molar-refractivity contribution in [2.45, 2.75) is 6.54 Å². The lowest BCUT2D eigenvalue weighted by Gasteiger charge is -2.04. The molecule has 0 unspecified atom stereocenters. The van der Waals surface area contributed by atoms with Crippen molar-refractivity contribution in [3.8, 4) is 11.5 Å². The number of aromatic nitrogens is 2. The van der Waals surface area contributed by atoms with Crippen LogP contribution in [0, 0.1) is 0 Å². The predicted octanol–water partition coefficient (Wildman–Crippen LogP) is 2.94. The van der Waals surface area contributed by atoms with Crippen molar-refractivity contribution in [2.75, 3.05) is 5.32 Å². The van der Waals surface area contributed by atoms with E-state index in [4.69, 9.17) is 8.83 Å². The Balaban J connectivity index is 1.68. The van der Waals surface area contributed by atoms with Crippen molar-refractivity contribution in [3.63, 3.8) is 0 Å². The maximum atomic E-state index is 5.12. The molecular weight excluding hydrogens is 230 g/mol. The first-order valence-electron chi connectivity index (χ1n) is 5.53. The first-order valence-corrected chi connectivity index (χ1v) is 5.53. The molecule has 3 aromatic rings. The average Bonchev–Trinajstić information content (AvgIpc) is 3.10. The van der Waals surface area contributed by atoms with Crippen molar-refractivity contribution in [1.29, 1.82) is 0 Å². The molecule has 0 amide bonds. The van der Waals surface area contributed by atoms with Gasteiger partial charge in [0, 0.05) is 23.4 Å². The summed E-state index contributed by atoms with van der Waals surface area (Å²) in [7, 11) is 0. The summed E-state index contributed by atoms with van der Waals surface area (Å²) in [4.78, 5) is 0. The molecule has 0 saturated carbocycles. The summed E-state index contributed by atoms with van der Waals surface area (Å²) in [5, 5.41) is 10.8. The predicted molar refractivity (Wildman–Crippen MR) is 65.8 cm³/mol. The lowest BCUT2D eigenvalue weighted by Crippen LogP contribution is -1.97. The van der Waals surface area contributed by atoms with Crippen molar-refractivity contribution < 1.29 is 8.83 Å². The molecule has 2 aromatic heterocycles. The molecule has 0 atom stereocenters. The summed E-state index contributed by atoms with van der Waals surface area (Å²) in [6.45, 7) is 0.733. The zero-order valence-corrected chi connectivity index (χ0v) is 9.54. The van der Waals surface area contributed by atoms with Crippen molar-refractivity contribution in [3.05, 3.63) is 54.8 Å². The molecule has 0 saturated heterocycles. The molecule has 0 aliphatic rings. The van der Waals surface area contributed by atoms with Gasteiger partial charge in [-0.1, -0.05) is 0 Å². The summed E-state index contributed by atoms with van der Waals surface area (Å²) in [6, 6.07) is 9.75. The van der Waals surface area contributed by atoms with Crippen LogP contribution in [0.3, 0.4) is 0 Å². The maximum absolute atomic E-state index is 5.12. The molecule has 3 rings (SSSR count). The van der Waals surface area contributed by atoms with Gasteiger partial charge in [0.1, 0.15) is 0 Å². The molecule has 2 heterocycles. The van der Waals surface area contributed by atoms with E-state index in [1.54, 1.807) is 12.5 Å². The van der Waals surface area contributed by atoms with Gasteiger partial charge >= 0.3 is 0 Å². The smallest absolute Gasteiger partial charge is 0.247 e. The van der Waals surface area contributed by atoms with Gasteiger partial charge in [0.2, 0.25) is 12.3 Å². The number of benzene rings is 1. The number of anilines is 1. The van der Waals surface area contributed by atoms with Gasteiger partial charge in [-0.3, -0.25) is 0 Å². The first-order chi connectivity index (χ1) is 8.92. The SMILES string of the molecule is c1cc(CNc2ccc(-c3nnco3)cc2)co1. The zero-order valence-electron chi connectivity index (χ0n) is 9.54. The highest BCUT2D eigenvalue weighted by Crippen LogP contribution is 2.19.